The highest BCUT2D eigenvalue weighted by Gasteiger charge is 2.33. The van der Waals surface area contributed by atoms with Crippen molar-refractivity contribution in [1.29, 1.82) is 0 Å². The first kappa shape index (κ1) is 27.5. The van der Waals surface area contributed by atoms with Gasteiger partial charge in [0.25, 0.3) is 0 Å². The Labute approximate surface area is 228 Å². The van der Waals surface area contributed by atoms with Gasteiger partial charge in [-0.1, -0.05) is 148 Å². The van der Waals surface area contributed by atoms with E-state index in [4.69, 9.17) is 0 Å². The second-order valence-electron chi connectivity index (χ2n) is 11.1. The first-order valence-corrected chi connectivity index (χ1v) is 19.6. The Morgan fingerprint density at radius 3 is 1.11 bits per heavy atom. The van der Waals surface area contributed by atoms with E-state index in [1.807, 2.05) is 0 Å². The van der Waals surface area contributed by atoms with Gasteiger partial charge < -0.3 is 0 Å². The van der Waals surface area contributed by atoms with Gasteiger partial charge in [0, 0.05) is 6.42 Å². The van der Waals surface area contributed by atoms with Crippen LogP contribution in [0.2, 0.25) is 19.6 Å². The van der Waals surface area contributed by atoms with Crippen LogP contribution in [0.15, 0.2) is 121 Å². The van der Waals surface area contributed by atoms with Crippen molar-refractivity contribution < 1.29 is 0 Å². The van der Waals surface area contributed by atoms with Gasteiger partial charge in [0.1, 0.15) is 8.07 Å². The Balaban J connectivity index is 1.77. The van der Waals surface area contributed by atoms with Crippen LogP contribution in [0.3, 0.4) is 0 Å². The van der Waals surface area contributed by atoms with Gasteiger partial charge >= 0.3 is 0 Å². The molecule has 4 rings (SSSR count). The van der Waals surface area contributed by atoms with Crippen LogP contribution in [-0.4, -0.2) is 20.4 Å². The summed E-state index contributed by atoms with van der Waals surface area (Å²) >= 11 is 0. The van der Waals surface area contributed by atoms with Crippen molar-refractivity contribution in [2.75, 3.05) is 12.3 Å². The topological polar surface area (TPSA) is 0 Å². The van der Waals surface area contributed by atoms with E-state index >= 15 is 0 Å². The summed E-state index contributed by atoms with van der Waals surface area (Å²) in [6, 6.07) is 44.6. The molecule has 0 saturated carbocycles. The minimum absolute atomic E-state index is 0.0847. The monoisotopic (exact) mass is 536 g/mol. The lowest BCUT2D eigenvalue weighted by molar-refractivity contribution is 0.445. The van der Waals surface area contributed by atoms with E-state index in [9.17, 15) is 0 Å². The Kier molecular flexibility index (Phi) is 9.57. The van der Waals surface area contributed by atoms with Crippen LogP contribution >= 0.6 is 15.8 Å². The van der Waals surface area contributed by atoms with Crippen LogP contribution in [-0.2, 0) is 0 Å². The van der Waals surface area contributed by atoms with Crippen LogP contribution in [0, 0.1) is 16.9 Å². The number of hydrogen-bond acceptors (Lipinski definition) is 0. The highest BCUT2D eigenvalue weighted by atomic mass is 31.1. The molecule has 0 unspecified atom stereocenters. The van der Waals surface area contributed by atoms with Crippen LogP contribution < -0.4 is 21.2 Å². The standard InChI is InChI=1S/C34H38P2Si/c1-34(26-17-27-37(2,3)4,28-35(30-18-9-5-10-19-30)31-20-11-6-12-21-31)29-36(32-22-13-7-14-23-32)33-24-15-8-16-25-33/h5-16,18-25H,26,28-29H2,1-4H3. The van der Waals surface area contributed by atoms with E-state index in [0.717, 1.165) is 18.7 Å². The third-order valence-electron chi connectivity index (χ3n) is 6.33. The second-order valence-corrected chi connectivity index (χ2v) is 20.2. The molecular formula is C34H38P2Si. The van der Waals surface area contributed by atoms with E-state index in [0.29, 0.717) is 0 Å². The molecule has 4 aromatic rings. The predicted molar refractivity (Wildman–Crippen MR) is 172 cm³/mol. The lowest BCUT2D eigenvalue weighted by Gasteiger charge is -2.36. The molecule has 188 valence electrons. The number of rotatable bonds is 9. The highest BCUT2D eigenvalue weighted by molar-refractivity contribution is 7.74. The normalized spacial score (nSPS) is 11.8. The Bertz CT molecular complexity index is 1120. The van der Waals surface area contributed by atoms with E-state index in [-0.39, 0.29) is 5.41 Å². The molecule has 0 saturated heterocycles. The molecule has 0 bridgehead atoms. The summed E-state index contributed by atoms with van der Waals surface area (Å²) in [5.41, 5.74) is 3.77. The van der Waals surface area contributed by atoms with Crippen LogP contribution in [0.25, 0.3) is 0 Å². The highest BCUT2D eigenvalue weighted by Crippen LogP contribution is 2.48. The van der Waals surface area contributed by atoms with Crippen molar-refractivity contribution in [3.05, 3.63) is 121 Å². The Morgan fingerprint density at radius 1 is 0.541 bits per heavy atom. The van der Waals surface area contributed by atoms with Gasteiger partial charge in [-0.3, -0.25) is 0 Å². The molecule has 0 nitrogen and oxygen atoms in total. The molecular weight excluding hydrogens is 498 g/mol. The molecule has 0 aromatic heterocycles. The lowest BCUT2D eigenvalue weighted by atomic mass is 9.92. The van der Waals surface area contributed by atoms with Gasteiger partial charge in [0.2, 0.25) is 0 Å². The molecule has 0 aliphatic rings. The van der Waals surface area contributed by atoms with E-state index in [1.54, 1.807) is 0 Å². The molecule has 0 aliphatic heterocycles. The SMILES string of the molecule is CC(CC#C[Si](C)(C)C)(CP(c1ccccc1)c1ccccc1)CP(c1ccccc1)c1ccccc1. The fraction of sp³-hybridized carbons (Fsp3) is 0.235. The largest absolute Gasteiger partial charge is 0.132 e. The molecule has 0 heterocycles. The van der Waals surface area contributed by atoms with Crippen LogP contribution in [0.4, 0.5) is 0 Å². The average molecular weight is 537 g/mol. The van der Waals surface area contributed by atoms with Crippen LogP contribution in [0.5, 0.6) is 0 Å². The molecule has 0 fully saturated rings. The van der Waals surface area contributed by atoms with Gasteiger partial charge in [0.15, 0.2) is 0 Å². The molecule has 0 atom stereocenters. The average Bonchev–Trinajstić information content (AvgIpc) is 2.92. The quantitative estimate of drug-likeness (QED) is 0.118. The third kappa shape index (κ3) is 8.25. The molecule has 0 N–H and O–H groups in total. The molecule has 0 spiro atoms. The van der Waals surface area contributed by atoms with Crippen molar-refractivity contribution in [3.8, 4) is 11.5 Å². The fourth-order valence-electron chi connectivity index (χ4n) is 4.54. The van der Waals surface area contributed by atoms with Crippen molar-refractivity contribution in [2.45, 2.75) is 33.0 Å². The lowest BCUT2D eigenvalue weighted by Crippen LogP contribution is -2.32. The summed E-state index contributed by atoms with van der Waals surface area (Å²) in [7, 11) is -2.44. The summed E-state index contributed by atoms with van der Waals surface area (Å²) in [6.45, 7) is 9.55. The molecule has 0 aliphatic carbocycles. The fourth-order valence-corrected chi connectivity index (χ4v) is 10.8. The Morgan fingerprint density at radius 2 is 0.838 bits per heavy atom. The predicted octanol–water partition coefficient (Wildman–Crippen LogP) is 7.53. The minimum Gasteiger partial charge on any atom is -0.132 e. The van der Waals surface area contributed by atoms with Crippen molar-refractivity contribution >= 4 is 45.1 Å². The van der Waals surface area contributed by atoms with Gasteiger partial charge in [-0.2, -0.15) is 0 Å². The van der Waals surface area contributed by atoms with Crippen molar-refractivity contribution in [2.24, 2.45) is 5.41 Å². The van der Waals surface area contributed by atoms with Gasteiger partial charge in [-0.15, -0.1) is 11.5 Å². The van der Waals surface area contributed by atoms with Crippen LogP contribution in [0.1, 0.15) is 13.3 Å². The molecule has 37 heavy (non-hydrogen) atoms. The number of benzene rings is 4. The zero-order valence-electron chi connectivity index (χ0n) is 22.6. The maximum atomic E-state index is 3.71. The summed E-state index contributed by atoms with van der Waals surface area (Å²) in [5, 5.41) is 5.82. The Hall–Kier alpha value is -2.48. The zero-order valence-corrected chi connectivity index (χ0v) is 25.4. The second kappa shape index (κ2) is 12.8. The van der Waals surface area contributed by atoms with E-state index in [2.05, 4.69) is 159 Å². The molecule has 0 amide bonds. The van der Waals surface area contributed by atoms with Gasteiger partial charge in [-0.25, -0.2) is 0 Å². The van der Waals surface area contributed by atoms with E-state index < -0.39 is 23.9 Å². The third-order valence-corrected chi connectivity index (χ3v) is 13.1. The van der Waals surface area contributed by atoms with Gasteiger partial charge in [-0.05, 0) is 54.8 Å². The number of hydrogen-bond donors (Lipinski definition) is 0. The van der Waals surface area contributed by atoms with E-state index in [1.165, 1.54) is 21.2 Å². The summed E-state index contributed by atoms with van der Waals surface area (Å²) in [4.78, 5) is 0. The minimum atomic E-state index is -1.44. The summed E-state index contributed by atoms with van der Waals surface area (Å²) in [6.07, 6.45) is 3.21. The van der Waals surface area contributed by atoms with Crippen molar-refractivity contribution in [1.82, 2.24) is 0 Å². The maximum Gasteiger partial charge on any atom is 0.129 e. The first-order chi connectivity index (χ1) is 17.8. The zero-order chi connectivity index (χ0) is 26.1. The summed E-state index contributed by atoms with van der Waals surface area (Å²) < 4.78 is 0. The maximum absolute atomic E-state index is 3.71. The smallest absolute Gasteiger partial charge is 0.129 e. The summed E-state index contributed by atoms with van der Waals surface area (Å²) in [5.74, 6) is 3.71. The molecule has 4 aromatic carbocycles. The molecule has 3 heteroatoms. The first-order valence-electron chi connectivity index (χ1n) is 13.1. The van der Waals surface area contributed by atoms with Gasteiger partial charge in [0.05, 0.1) is 0 Å². The molecule has 0 radical (unpaired) electrons. The van der Waals surface area contributed by atoms with Crippen molar-refractivity contribution in [3.63, 3.8) is 0 Å².